The van der Waals surface area contributed by atoms with Crippen LogP contribution in [0.5, 0.6) is 0 Å². The zero-order valence-corrected chi connectivity index (χ0v) is 14.9. The summed E-state index contributed by atoms with van der Waals surface area (Å²) in [6.07, 6.45) is 0. The summed E-state index contributed by atoms with van der Waals surface area (Å²) in [6.45, 7) is 3.99. The Labute approximate surface area is 150 Å². The maximum Gasteiger partial charge on any atom is 0.256 e. The van der Waals surface area contributed by atoms with Gasteiger partial charge in [-0.15, -0.1) is 0 Å². The van der Waals surface area contributed by atoms with E-state index in [9.17, 15) is 4.79 Å². The van der Waals surface area contributed by atoms with Crippen LogP contribution in [0.4, 0.5) is 0 Å². The number of carbonyl (C=O) groups is 1. The van der Waals surface area contributed by atoms with Crippen LogP contribution in [-0.2, 0) is 7.05 Å². The molecule has 8 heteroatoms. The molecule has 1 N–H and O–H groups in total. The molecule has 0 aliphatic heterocycles. The van der Waals surface area contributed by atoms with Crippen molar-refractivity contribution >= 4 is 17.5 Å². The van der Waals surface area contributed by atoms with Gasteiger partial charge in [0.25, 0.3) is 5.91 Å². The summed E-state index contributed by atoms with van der Waals surface area (Å²) in [5, 5.41) is 11.3. The quantitative estimate of drug-likeness (QED) is 0.756. The Bertz CT molecular complexity index is 888. The SMILES string of the molecule is Cc1nn(C)c(Cl)c1C(=O)NCC(C)c1nc(-c2ccccc2)no1. The van der Waals surface area contributed by atoms with Crippen LogP contribution in [0.1, 0.15) is 34.8 Å². The molecule has 2 aromatic heterocycles. The fourth-order valence-electron chi connectivity index (χ4n) is 2.45. The number of nitrogens with one attached hydrogen (secondary N) is 1. The first-order valence-electron chi connectivity index (χ1n) is 7.83. The number of halogens is 1. The third-order valence-corrected chi connectivity index (χ3v) is 4.28. The highest BCUT2D eigenvalue weighted by atomic mass is 35.5. The van der Waals surface area contributed by atoms with Crippen molar-refractivity contribution in [2.24, 2.45) is 7.05 Å². The second-order valence-corrected chi connectivity index (χ2v) is 6.17. The van der Waals surface area contributed by atoms with Gasteiger partial charge < -0.3 is 9.84 Å². The molecule has 0 aliphatic carbocycles. The Kier molecular flexibility index (Phi) is 4.85. The van der Waals surface area contributed by atoms with Crippen LogP contribution in [0.25, 0.3) is 11.4 Å². The zero-order chi connectivity index (χ0) is 18.0. The maximum atomic E-state index is 12.3. The Hall–Kier alpha value is -2.67. The van der Waals surface area contributed by atoms with Crippen LogP contribution in [0.2, 0.25) is 5.15 Å². The second kappa shape index (κ2) is 7.06. The van der Waals surface area contributed by atoms with E-state index >= 15 is 0 Å². The van der Waals surface area contributed by atoms with Crippen LogP contribution >= 0.6 is 11.6 Å². The van der Waals surface area contributed by atoms with Gasteiger partial charge in [0.2, 0.25) is 11.7 Å². The third kappa shape index (κ3) is 3.56. The predicted octanol–water partition coefficient (Wildman–Crippen LogP) is 2.97. The molecular weight excluding hydrogens is 342 g/mol. The lowest BCUT2D eigenvalue weighted by Gasteiger charge is -2.08. The highest BCUT2D eigenvalue weighted by molar-refractivity contribution is 6.33. The summed E-state index contributed by atoms with van der Waals surface area (Å²) < 4.78 is 6.79. The lowest BCUT2D eigenvalue weighted by Crippen LogP contribution is -2.28. The van der Waals surface area contributed by atoms with Gasteiger partial charge in [0, 0.05) is 19.2 Å². The molecule has 0 aliphatic rings. The zero-order valence-electron chi connectivity index (χ0n) is 14.2. The summed E-state index contributed by atoms with van der Waals surface area (Å²) in [7, 11) is 1.69. The topological polar surface area (TPSA) is 85.8 Å². The number of nitrogens with zero attached hydrogens (tertiary/aromatic N) is 4. The third-order valence-electron chi connectivity index (χ3n) is 3.84. The van der Waals surface area contributed by atoms with Crippen LogP contribution in [0.3, 0.4) is 0 Å². The molecule has 0 bridgehead atoms. The number of hydrogen-bond donors (Lipinski definition) is 1. The Morgan fingerprint density at radius 2 is 2.08 bits per heavy atom. The monoisotopic (exact) mass is 359 g/mol. The minimum absolute atomic E-state index is 0.135. The smallest absolute Gasteiger partial charge is 0.256 e. The Balaban J connectivity index is 1.66. The van der Waals surface area contributed by atoms with Gasteiger partial charge in [0.15, 0.2) is 0 Å². The molecule has 0 saturated heterocycles. The Morgan fingerprint density at radius 3 is 2.72 bits per heavy atom. The highest BCUT2D eigenvalue weighted by Gasteiger charge is 2.21. The first-order valence-corrected chi connectivity index (χ1v) is 8.21. The fraction of sp³-hybridized carbons (Fsp3) is 0.294. The van der Waals surface area contributed by atoms with Crippen molar-refractivity contribution in [2.45, 2.75) is 19.8 Å². The molecule has 0 radical (unpaired) electrons. The van der Waals surface area contributed by atoms with Crippen LogP contribution in [0.15, 0.2) is 34.9 Å². The highest BCUT2D eigenvalue weighted by Crippen LogP contribution is 2.20. The van der Waals surface area contributed by atoms with E-state index in [1.807, 2.05) is 37.3 Å². The predicted molar refractivity (Wildman–Crippen MR) is 93.4 cm³/mol. The van der Waals surface area contributed by atoms with Crippen LogP contribution in [0, 0.1) is 6.92 Å². The number of aromatic nitrogens is 4. The van der Waals surface area contributed by atoms with E-state index in [-0.39, 0.29) is 11.8 Å². The number of rotatable bonds is 5. The van der Waals surface area contributed by atoms with E-state index in [1.165, 1.54) is 4.68 Å². The average molecular weight is 360 g/mol. The van der Waals surface area contributed by atoms with Gasteiger partial charge in [-0.1, -0.05) is 54.0 Å². The molecule has 25 heavy (non-hydrogen) atoms. The van der Waals surface area contributed by atoms with Crippen molar-refractivity contribution in [3.05, 3.63) is 52.6 Å². The van der Waals surface area contributed by atoms with Crippen molar-refractivity contribution in [2.75, 3.05) is 6.54 Å². The molecule has 0 spiro atoms. The average Bonchev–Trinajstić information content (AvgIpc) is 3.19. The van der Waals surface area contributed by atoms with Gasteiger partial charge >= 0.3 is 0 Å². The summed E-state index contributed by atoms with van der Waals surface area (Å²) >= 11 is 6.11. The number of carbonyl (C=O) groups excluding carboxylic acids is 1. The molecule has 1 aromatic carbocycles. The van der Waals surface area contributed by atoms with E-state index < -0.39 is 0 Å². The number of aryl methyl sites for hydroxylation is 2. The molecule has 1 unspecified atom stereocenters. The molecule has 0 fully saturated rings. The lowest BCUT2D eigenvalue weighted by molar-refractivity contribution is 0.0950. The summed E-state index contributed by atoms with van der Waals surface area (Å²) in [4.78, 5) is 16.7. The molecule has 1 atom stereocenters. The maximum absolute atomic E-state index is 12.3. The lowest BCUT2D eigenvalue weighted by atomic mass is 10.1. The molecule has 3 aromatic rings. The van der Waals surface area contributed by atoms with E-state index in [4.69, 9.17) is 16.1 Å². The molecule has 0 saturated carbocycles. The van der Waals surface area contributed by atoms with Gasteiger partial charge in [-0.25, -0.2) is 0 Å². The van der Waals surface area contributed by atoms with Crippen LogP contribution < -0.4 is 5.32 Å². The van der Waals surface area contributed by atoms with Gasteiger partial charge in [0.05, 0.1) is 17.2 Å². The van der Waals surface area contributed by atoms with Crippen molar-refractivity contribution in [3.8, 4) is 11.4 Å². The van der Waals surface area contributed by atoms with Gasteiger partial charge in [-0.05, 0) is 6.92 Å². The minimum Gasteiger partial charge on any atom is -0.351 e. The van der Waals surface area contributed by atoms with Crippen molar-refractivity contribution in [1.82, 2.24) is 25.2 Å². The minimum atomic E-state index is -0.273. The number of amides is 1. The van der Waals surface area contributed by atoms with Crippen molar-refractivity contribution in [1.29, 1.82) is 0 Å². The summed E-state index contributed by atoms with van der Waals surface area (Å²) in [5.41, 5.74) is 1.85. The Morgan fingerprint density at radius 1 is 1.36 bits per heavy atom. The van der Waals surface area contributed by atoms with Crippen molar-refractivity contribution < 1.29 is 9.32 Å². The first kappa shape index (κ1) is 17.2. The van der Waals surface area contributed by atoms with Crippen LogP contribution in [-0.4, -0.2) is 32.4 Å². The largest absolute Gasteiger partial charge is 0.351 e. The second-order valence-electron chi connectivity index (χ2n) is 5.81. The van der Waals surface area contributed by atoms with Gasteiger partial charge in [-0.3, -0.25) is 9.48 Å². The molecule has 3 rings (SSSR count). The van der Waals surface area contributed by atoms with Crippen molar-refractivity contribution in [3.63, 3.8) is 0 Å². The first-order chi connectivity index (χ1) is 12.0. The van der Waals surface area contributed by atoms with E-state index in [0.717, 1.165) is 5.56 Å². The van der Waals surface area contributed by atoms with E-state index in [2.05, 4.69) is 20.6 Å². The summed E-state index contributed by atoms with van der Waals surface area (Å²) in [6, 6.07) is 9.57. The van der Waals surface area contributed by atoms with E-state index in [1.54, 1.807) is 14.0 Å². The number of hydrogen-bond acceptors (Lipinski definition) is 5. The molecular formula is C17H18ClN5O2. The standard InChI is InChI=1S/C17H18ClN5O2/c1-10(9-19-16(24)13-11(2)21-23(3)14(13)18)17-20-15(22-25-17)12-7-5-4-6-8-12/h4-8,10H,9H2,1-3H3,(H,19,24). The fourth-order valence-corrected chi connectivity index (χ4v) is 2.71. The number of benzene rings is 1. The summed E-state index contributed by atoms with van der Waals surface area (Å²) in [5.74, 6) is 0.586. The van der Waals surface area contributed by atoms with Gasteiger partial charge in [0.1, 0.15) is 5.15 Å². The normalized spacial score (nSPS) is 12.2. The van der Waals surface area contributed by atoms with E-state index in [0.29, 0.717) is 34.7 Å². The molecule has 7 nitrogen and oxygen atoms in total. The van der Waals surface area contributed by atoms with Gasteiger partial charge in [-0.2, -0.15) is 10.1 Å². The molecule has 130 valence electrons. The molecule has 2 heterocycles. The molecule has 1 amide bonds.